The molecule has 2 aromatic rings. The van der Waals surface area contributed by atoms with Gasteiger partial charge in [0.15, 0.2) is 0 Å². The molecule has 73 valence electrons. The first kappa shape index (κ1) is 9.94. The second-order valence-electron chi connectivity index (χ2n) is 3.29. The fraction of sp³-hybridized carbons (Fsp3) is 0.333. The van der Waals surface area contributed by atoms with Gasteiger partial charge < -0.3 is 0 Å². The van der Waals surface area contributed by atoms with E-state index in [1.807, 2.05) is 17.4 Å². The molecule has 0 N–H and O–H groups in total. The van der Waals surface area contributed by atoms with Crippen LogP contribution in [-0.4, -0.2) is 0 Å². The summed E-state index contributed by atoms with van der Waals surface area (Å²) in [5, 5.41) is 3.13. The van der Waals surface area contributed by atoms with Gasteiger partial charge in [0, 0.05) is 20.0 Å². The first-order valence-electron chi connectivity index (χ1n) is 4.95. The van der Waals surface area contributed by atoms with Crippen LogP contribution in [0.15, 0.2) is 24.3 Å². The molecule has 0 aliphatic rings. The van der Waals surface area contributed by atoms with Crippen molar-refractivity contribution < 1.29 is 0 Å². The van der Waals surface area contributed by atoms with Gasteiger partial charge in [0.2, 0.25) is 0 Å². The van der Waals surface area contributed by atoms with Crippen molar-refractivity contribution in [2.24, 2.45) is 0 Å². The molecule has 14 heavy (non-hydrogen) atoms. The SMILES string of the molecule is CCCCc1ccc(-c2cc[c]s2)s1. The number of hydrogen-bond acceptors (Lipinski definition) is 2. The van der Waals surface area contributed by atoms with Gasteiger partial charge in [0.25, 0.3) is 0 Å². The van der Waals surface area contributed by atoms with Crippen molar-refractivity contribution in [1.29, 1.82) is 0 Å². The molecule has 0 unspecified atom stereocenters. The predicted molar refractivity (Wildman–Crippen MR) is 65.1 cm³/mol. The second-order valence-corrected chi connectivity index (χ2v) is 5.33. The fourth-order valence-electron chi connectivity index (χ4n) is 1.37. The lowest BCUT2D eigenvalue weighted by molar-refractivity contribution is 0.804. The summed E-state index contributed by atoms with van der Waals surface area (Å²) < 4.78 is 0. The van der Waals surface area contributed by atoms with Crippen molar-refractivity contribution in [1.82, 2.24) is 0 Å². The zero-order valence-corrected chi connectivity index (χ0v) is 9.88. The number of rotatable bonds is 4. The number of hydrogen-bond donors (Lipinski definition) is 0. The molecular formula is C12H13S2. The monoisotopic (exact) mass is 221 g/mol. The first-order chi connectivity index (χ1) is 6.90. The van der Waals surface area contributed by atoms with Crippen molar-refractivity contribution >= 4 is 22.7 Å². The molecule has 2 aromatic heterocycles. The number of aryl methyl sites for hydroxylation is 1. The van der Waals surface area contributed by atoms with Crippen LogP contribution >= 0.6 is 22.7 Å². The standard InChI is InChI=1S/C12H13S2/c1-2-3-5-10-7-8-12(14-10)11-6-4-9-13-11/h4,6-8H,2-3,5H2,1H3. The van der Waals surface area contributed by atoms with E-state index < -0.39 is 0 Å². The van der Waals surface area contributed by atoms with Gasteiger partial charge in [-0.15, -0.1) is 22.7 Å². The van der Waals surface area contributed by atoms with E-state index in [2.05, 4.69) is 30.5 Å². The van der Waals surface area contributed by atoms with E-state index in [1.54, 1.807) is 11.3 Å². The van der Waals surface area contributed by atoms with Crippen LogP contribution in [0, 0.1) is 5.38 Å². The Hall–Kier alpha value is -0.600. The third kappa shape index (κ3) is 2.25. The molecule has 1 radical (unpaired) electrons. The van der Waals surface area contributed by atoms with Crippen LogP contribution in [0.25, 0.3) is 9.75 Å². The first-order valence-corrected chi connectivity index (χ1v) is 6.58. The number of unbranched alkanes of at least 4 members (excludes halogenated alkanes) is 1. The molecule has 0 aliphatic heterocycles. The smallest absolute Gasteiger partial charge is 0.0449 e. The molecule has 0 saturated carbocycles. The van der Waals surface area contributed by atoms with Crippen LogP contribution < -0.4 is 0 Å². The molecule has 0 aliphatic carbocycles. The Morgan fingerprint density at radius 2 is 2.14 bits per heavy atom. The summed E-state index contributed by atoms with van der Waals surface area (Å²) in [4.78, 5) is 4.25. The van der Waals surface area contributed by atoms with Crippen molar-refractivity contribution in [3.63, 3.8) is 0 Å². The Balaban J connectivity index is 2.10. The molecular weight excluding hydrogens is 208 g/mol. The van der Waals surface area contributed by atoms with Gasteiger partial charge in [0.1, 0.15) is 0 Å². The molecule has 0 saturated heterocycles. The lowest BCUT2D eigenvalue weighted by Gasteiger charge is -1.92. The lowest BCUT2D eigenvalue weighted by Crippen LogP contribution is -1.76. The molecule has 2 rings (SSSR count). The summed E-state index contributed by atoms with van der Waals surface area (Å²) in [5.74, 6) is 0. The average Bonchev–Trinajstić information content (AvgIpc) is 2.85. The predicted octanol–water partition coefficient (Wildman–Crippen LogP) is 4.62. The Morgan fingerprint density at radius 1 is 1.21 bits per heavy atom. The van der Waals surface area contributed by atoms with Gasteiger partial charge in [0.05, 0.1) is 0 Å². The highest BCUT2D eigenvalue weighted by molar-refractivity contribution is 7.21. The largest absolute Gasteiger partial charge is 0.139 e. The minimum Gasteiger partial charge on any atom is -0.139 e. The molecule has 0 atom stereocenters. The van der Waals surface area contributed by atoms with Gasteiger partial charge in [-0.25, -0.2) is 0 Å². The van der Waals surface area contributed by atoms with Gasteiger partial charge in [-0.3, -0.25) is 0 Å². The van der Waals surface area contributed by atoms with E-state index in [-0.39, 0.29) is 0 Å². The third-order valence-corrected chi connectivity index (χ3v) is 4.29. The van der Waals surface area contributed by atoms with Crippen LogP contribution in [0.1, 0.15) is 24.6 Å². The van der Waals surface area contributed by atoms with Crippen LogP contribution in [-0.2, 0) is 6.42 Å². The summed E-state index contributed by atoms with van der Waals surface area (Å²) in [5.41, 5.74) is 0. The zero-order valence-electron chi connectivity index (χ0n) is 8.25. The van der Waals surface area contributed by atoms with Crippen LogP contribution in [0.2, 0.25) is 0 Å². The van der Waals surface area contributed by atoms with E-state index in [4.69, 9.17) is 0 Å². The van der Waals surface area contributed by atoms with Crippen LogP contribution in [0.3, 0.4) is 0 Å². The van der Waals surface area contributed by atoms with Crippen molar-refractivity contribution in [3.8, 4) is 9.75 Å². The molecule has 0 fully saturated rings. The summed E-state index contributed by atoms with van der Waals surface area (Å²) >= 11 is 3.62. The molecule has 0 nitrogen and oxygen atoms in total. The van der Waals surface area contributed by atoms with Gasteiger partial charge in [-0.1, -0.05) is 13.3 Å². The maximum atomic E-state index is 3.13. The molecule has 0 bridgehead atoms. The van der Waals surface area contributed by atoms with Crippen molar-refractivity contribution in [2.45, 2.75) is 26.2 Å². The molecule has 0 aromatic carbocycles. The quantitative estimate of drug-likeness (QED) is 0.706. The second kappa shape index (κ2) is 4.76. The molecule has 2 heterocycles. The summed E-state index contributed by atoms with van der Waals surface area (Å²) in [6.07, 6.45) is 3.81. The maximum absolute atomic E-state index is 3.13. The zero-order chi connectivity index (χ0) is 9.80. The van der Waals surface area contributed by atoms with E-state index in [9.17, 15) is 0 Å². The Bertz CT molecular complexity index is 371. The highest BCUT2D eigenvalue weighted by Crippen LogP contribution is 2.31. The molecule has 2 heteroatoms. The summed E-state index contributed by atoms with van der Waals surface area (Å²) in [6.45, 7) is 2.24. The summed E-state index contributed by atoms with van der Waals surface area (Å²) in [7, 11) is 0. The van der Waals surface area contributed by atoms with Gasteiger partial charge in [-0.2, -0.15) is 0 Å². The van der Waals surface area contributed by atoms with E-state index in [0.717, 1.165) is 0 Å². The van der Waals surface area contributed by atoms with E-state index in [1.165, 1.54) is 33.9 Å². The Labute approximate surface area is 93.2 Å². The topological polar surface area (TPSA) is 0 Å². The van der Waals surface area contributed by atoms with E-state index >= 15 is 0 Å². The van der Waals surface area contributed by atoms with Crippen LogP contribution in [0.4, 0.5) is 0 Å². The van der Waals surface area contributed by atoms with Crippen LogP contribution in [0.5, 0.6) is 0 Å². The normalized spacial score (nSPS) is 10.6. The minimum absolute atomic E-state index is 1.23. The molecule has 0 spiro atoms. The maximum Gasteiger partial charge on any atom is 0.0449 e. The third-order valence-electron chi connectivity index (χ3n) is 2.15. The number of thiophene rings is 2. The highest BCUT2D eigenvalue weighted by atomic mass is 32.1. The lowest BCUT2D eigenvalue weighted by atomic mass is 10.2. The van der Waals surface area contributed by atoms with Crippen molar-refractivity contribution in [2.75, 3.05) is 0 Å². The van der Waals surface area contributed by atoms with Gasteiger partial charge >= 0.3 is 0 Å². The average molecular weight is 221 g/mol. The molecule has 0 amide bonds. The fourth-order valence-corrected chi connectivity index (χ4v) is 3.16. The summed E-state index contributed by atoms with van der Waals surface area (Å²) in [6, 6.07) is 8.62. The Kier molecular flexibility index (Phi) is 3.38. The highest BCUT2D eigenvalue weighted by Gasteiger charge is 2.02. The van der Waals surface area contributed by atoms with E-state index in [0.29, 0.717) is 0 Å². The van der Waals surface area contributed by atoms with Gasteiger partial charge in [-0.05, 0) is 37.1 Å². The Morgan fingerprint density at radius 3 is 2.86 bits per heavy atom. The minimum atomic E-state index is 1.23. The van der Waals surface area contributed by atoms with Crippen molar-refractivity contribution in [3.05, 3.63) is 34.5 Å².